The fourth-order valence-corrected chi connectivity index (χ4v) is 5.20. The molecule has 7 heteroatoms. The maximum Gasteiger partial charge on any atom is 0.338 e. The largest absolute Gasteiger partial charge is 0.495 e. The van der Waals surface area contributed by atoms with Gasteiger partial charge in [0.15, 0.2) is 11.6 Å². The Morgan fingerprint density at radius 2 is 1.54 bits per heavy atom. The van der Waals surface area contributed by atoms with E-state index in [0.29, 0.717) is 29.1 Å². The van der Waals surface area contributed by atoms with Crippen molar-refractivity contribution < 1.29 is 28.2 Å². The lowest BCUT2D eigenvalue weighted by molar-refractivity contribution is -0.139. The van der Waals surface area contributed by atoms with Crippen molar-refractivity contribution in [3.63, 3.8) is 0 Å². The van der Waals surface area contributed by atoms with Crippen LogP contribution in [-0.2, 0) is 20.7 Å². The van der Waals surface area contributed by atoms with E-state index in [0.717, 1.165) is 38.6 Å². The molecule has 0 amide bonds. The Hall–Kier alpha value is -3.97. The highest BCUT2D eigenvalue weighted by atomic mass is 32.1. The van der Waals surface area contributed by atoms with Gasteiger partial charge in [0.25, 0.3) is 0 Å². The number of esters is 2. The molecule has 0 unspecified atom stereocenters. The third kappa shape index (κ3) is 5.42. The zero-order chi connectivity index (χ0) is 26.7. The smallest absolute Gasteiger partial charge is 0.338 e. The van der Waals surface area contributed by atoms with Crippen LogP contribution in [-0.4, -0.2) is 25.7 Å². The van der Waals surface area contributed by atoms with E-state index in [2.05, 4.69) is 13.2 Å². The molecule has 0 aliphatic carbocycles. The van der Waals surface area contributed by atoms with Crippen LogP contribution in [0.2, 0.25) is 0 Å². The molecule has 0 spiro atoms. The first-order chi connectivity index (χ1) is 17.7. The van der Waals surface area contributed by atoms with Crippen LogP contribution in [0, 0.1) is 5.82 Å². The molecule has 0 fully saturated rings. The van der Waals surface area contributed by atoms with Crippen LogP contribution in [0.25, 0.3) is 31.3 Å². The van der Waals surface area contributed by atoms with Gasteiger partial charge in [0.05, 0.1) is 23.1 Å². The minimum atomic E-state index is -0.671. The number of fused-ring (bicyclic) bond motifs is 3. The molecule has 190 valence electrons. The number of aryl methyl sites for hydroxylation is 1. The third-order valence-electron chi connectivity index (χ3n) is 5.88. The van der Waals surface area contributed by atoms with Crippen LogP contribution in [0.1, 0.15) is 25.8 Å². The normalized spacial score (nSPS) is 10.9. The lowest BCUT2D eigenvalue weighted by Crippen LogP contribution is -2.09. The highest BCUT2D eigenvalue weighted by molar-refractivity contribution is 7.26. The topological polar surface area (TPSA) is 61.8 Å². The highest BCUT2D eigenvalue weighted by Crippen LogP contribution is 2.46. The maximum atomic E-state index is 15.3. The average molecular weight is 519 g/mol. The summed E-state index contributed by atoms with van der Waals surface area (Å²) in [6, 6.07) is 15.2. The van der Waals surface area contributed by atoms with Crippen molar-refractivity contribution >= 4 is 43.4 Å². The summed E-state index contributed by atoms with van der Waals surface area (Å²) in [6.45, 7) is 10.6. The number of thiophene rings is 1. The number of halogens is 1. The molecular formula is C30H27FO5S. The van der Waals surface area contributed by atoms with E-state index in [1.807, 2.05) is 36.4 Å². The van der Waals surface area contributed by atoms with Crippen molar-refractivity contribution in [2.75, 3.05) is 13.7 Å². The monoisotopic (exact) mass is 518 g/mol. The standard InChI is InChI=1S/C30H27FO5S/c1-17(2)29(32)35-16-6-7-19-8-10-20(11-9-19)21-12-13-23-22-14-15-24(36-30(33)18(3)4)25(31)27(22)37-28(23)26(21)34-5/h8-15H,1,3,6-7,16H2,2,4-5H3. The van der Waals surface area contributed by atoms with Gasteiger partial charge in [-0.15, -0.1) is 11.3 Å². The van der Waals surface area contributed by atoms with Gasteiger partial charge in [-0.05, 0) is 56.0 Å². The van der Waals surface area contributed by atoms with Crippen molar-refractivity contribution in [2.45, 2.75) is 26.7 Å². The number of carbonyl (C=O) groups is 2. The lowest BCUT2D eigenvalue weighted by Gasteiger charge is -2.11. The van der Waals surface area contributed by atoms with Crippen molar-refractivity contribution in [1.29, 1.82) is 0 Å². The maximum absolute atomic E-state index is 15.3. The number of carbonyl (C=O) groups excluding carboxylic acids is 2. The molecule has 37 heavy (non-hydrogen) atoms. The molecule has 0 saturated carbocycles. The van der Waals surface area contributed by atoms with Gasteiger partial charge in [0, 0.05) is 27.5 Å². The van der Waals surface area contributed by atoms with E-state index >= 15 is 4.39 Å². The Labute approximate surface area is 218 Å². The first-order valence-corrected chi connectivity index (χ1v) is 12.5. The molecule has 1 aromatic heterocycles. The quantitative estimate of drug-likeness (QED) is 0.1000. The Morgan fingerprint density at radius 3 is 2.19 bits per heavy atom. The molecule has 4 aromatic rings. The second-order valence-corrected chi connectivity index (χ2v) is 9.79. The van der Waals surface area contributed by atoms with Crippen molar-refractivity contribution in [1.82, 2.24) is 0 Å². The number of hydrogen-bond donors (Lipinski definition) is 0. The predicted molar refractivity (Wildman–Crippen MR) is 146 cm³/mol. The molecule has 0 radical (unpaired) electrons. The lowest BCUT2D eigenvalue weighted by atomic mass is 10.00. The van der Waals surface area contributed by atoms with Crippen molar-refractivity contribution in [3.8, 4) is 22.6 Å². The van der Waals surface area contributed by atoms with E-state index in [-0.39, 0.29) is 17.3 Å². The van der Waals surface area contributed by atoms with Crippen LogP contribution in [0.15, 0.2) is 72.8 Å². The van der Waals surface area contributed by atoms with Gasteiger partial charge >= 0.3 is 11.9 Å². The van der Waals surface area contributed by atoms with Crippen LogP contribution in [0.4, 0.5) is 4.39 Å². The number of benzene rings is 3. The van der Waals surface area contributed by atoms with E-state index < -0.39 is 11.8 Å². The molecule has 0 atom stereocenters. The zero-order valence-electron chi connectivity index (χ0n) is 21.0. The number of rotatable bonds is 9. The Bertz CT molecular complexity index is 1530. The van der Waals surface area contributed by atoms with Gasteiger partial charge in [-0.3, -0.25) is 0 Å². The molecule has 5 nitrogen and oxygen atoms in total. The summed E-state index contributed by atoms with van der Waals surface area (Å²) in [5.41, 5.74) is 3.56. The summed E-state index contributed by atoms with van der Waals surface area (Å²) >= 11 is 1.26. The van der Waals surface area contributed by atoms with Crippen LogP contribution >= 0.6 is 11.3 Å². The van der Waals surface area contributed by atoms with E-state index in [1.54, 1.807) is 20.1 Å². The summed E-state index contributed by atoms with van der Waals surface area (Å²) in [5, 5.41) is 1.58. The first kappa shape index (κ1) is 26.1. The summed E-state index contributed by atoms with van der Waals surface area (Å²) in [4.78, 5) is 23.4. The first-order valence-electron chi connectivity index (χ1n) is 11.7. The van der Waals surface area contributed by atoms with Gasteiger partial charge in [-0.2, -0.15) is 0 Å². The minimum absolute atomic E-state index is 0.128. The van der Waals surface area contributed by atoms with Gasteiger partial charge in [-0.1, -0.05) is 43.5 Å². The summed E-state index contributed by atoms with van der Waals surface area (Å²) in [6.07, 6.45) is 1.48. The summed E-state index contributed by atoms with van der Waals surface area (Å²) in [5.74, 6) is -1.11. The summed E-state index contributed by atoms with van der Waals surface area (Å²) < 4.78 is 32.6. The molecule has 0 aliphatic heterocycles. The Balaban J connectivity index is 1.61. The van der Waals surface area contributed by atoms with Crippen LogP contribution in [0.5, 0.6) is 11.5 Å². The average Bonchev–Trinajstić information content (AvgIpc) is 3.27. The van der Waals surface area contributed by atoms with Gasteiger partial charge in [-0.25, -0.2) is 14.0 Å². The third-order valence-corrected chi connectivity index (χ3v) is 7.09. The number of hydrogen-bond acceptors (Lipinski definition) is 6. The number of methoxy groups -OCH3 is 1. The predicted octanol–water partition coefficient (Wildman–Crippen LogP) is 7.40. The molecule has 0 aliphatic rings. The van der Waals surface area contributed by atoms with Crippen LogP contribution < -0.4 is 9.47 Å². The Morgan fingerprint density at radius 1 is 0.892 bits per heavy atom. The second kappa shape index (κ2) is 11.0. The number of ether oxygens (including phenoxy) is 3. The van der Waals surface area contributed by atoms with E-state index in [4.69, 9.17) is 14.2 Å². The molecule has 0 bridgehead atoms. The van der Waals surface area contributed by atoms with Gasteiger partial charge in [0.1, 0.15) is 5.75 Å². The molecular weight excluding hydrogens is 491 g/mol. The van der Waals surface area contributed by atoms with Gasteiger partial charge < -0.3 is 14.2 Å². The fraction of sp³-hybridized carbons (Fsp3) is 0.200. The fourth-order valence-electron chi connectivity index (χ4n) is 3.94. The Kier molecular flexibility index (Phi) is 7.74. The van der Waals surface area contributed by atoms with Crippen molar-refractivity contribution in [2.24, 2.45) is 0 Å². The van der Waals surface area contributed by atoms with E-state index in [9.17, 15) is 9.59 Å². The minimum Gasteiger partial charge on any atom is -0.495 e. The molecule has 0 saturated heterocycles. The SMILES string of the molecule is C=C(C)C(=O)OCCCc1ccc(-c2ccc3c(sc4c(F)c(OC(=O)C(=C)C)ccc43)c2OC)cc1. The van der Waals surface area contributed by atoms with Gasteiger partial charge in [0.2, 0.25) is 0 Å². The van der Waals surface area contributed by atoms with E-state index in [1.165, 1.54) is 24.3 Å². The molecule has 0 N–H and O–H groups in total. The summed E-state index contributed by atoms with van der Waals surface area (Å²) in [7, 11) is 1.60. The zero-order valence-corrected chi connectivity index (χ0v) is 21.8. The highest BCUT2D eigenvalue weighted by Gasteiger charge is 2.20. The molecule has 1 heterocycles. The van der Waals surface area contributed by atoms with Crippen molar-refractivity contribution in [3.05, 3.63) is 84.2 Å². The molecule has 4 rings (SSSR count). The molecule has 3 aromatic carbocycles. The second-order valence-electron chi connectivity index (χ2n) is 8.77. The van der Waals surface area contributed by atoms with Crippen LogP contribution in [0.3, 0.4) is 0 Å².